The number of rotatable bonds is 16. The van der Waals surface area contributed by atoms with Gasteiger partial charge < -0.3 is 29.3 Å². The zero-order chi connectivity index (χ0) is 43.3. The Bertz CT molecular complexity index is 2070. The molecule has 3 atom stereocenters. The minimum absolute atomic E-state index is 0.0993. The number of hydrogen-bond acceptors (Lipinski definition) is 16. The fourth-order valence-electron chi connectivity index (χ4n) is 6.12. The largest absolute Gasteiger partial charge is 0.459 e. The third kappa shape index (κ3) is 12.5. The van der Waals surface area contributed by atoms with Crippen molar-refractivity contribution in [3.63, 3.8) is 0 Å². The first-order valence-electron chi connectivity index (χ1n) is 18.2. The van der Waals surface area contributed by atoms with Gasteiger partial charge in [0.1, 0.15) is 31.9 Å². The number of amides is 4. The molecule has 5 rings (SSSR count). The molecule has 23 heteroatoms. The highest BCUT2D eigenvalue weighted by Crippen LogP contribution is 2.26. The molecule has 0 aromatic heterocycles. The summed E-state index contributed by atoms with van der Waals surface area (Å²) in [5.41, 5.74) is 1.01. The van der Waals surface area contributed by atoms with E-state index in [1.165, 1.54) is 77.7 Å². The Morgan fingerprint density at radius 3 is 1.63 bits per heavy atom. The number of nitrogens with zero attached hydrogens (tertiary/aromatic N) is 6. The first kappa shape index (κ1) is 44.6. The number of piperazine rings is 1. The van der Waals surface area contributed by atoms with Crippen LogP contribution < -0.4 is 5.32 Å². The van der Waals surface area contributed by atoms with Crippen molar-refractivity contribution in [2.45, 2.75) is 43.6 Å². The Hall–Kier alpha value is -6.49. The lowest BCUT2D eigenvalue weighted by atomic mass is 10.1. The molecule has 0 unspecified atom stereocenters. The number of carbonyl (C=O) groups is 5. The van der Waals surface area contributed by atoms with Gasteiger partial charge in [-0.1, -0.05) is 0 Å². The number of carbonyl (C=O) groups excluding carboxylic acids is 5. The van der Waals surface area contributed by atoms with Gasteiger partial charge in [-0.15, -0.1) is 11.8 Å². The molecule has 21 nitrogen and oxygen atoms in total. The van der Waals surface area contributed by atoms with Crippen LogP contribution in [0.3, 0.4) is 0 Å². The van der Waals surface area contributed by atoms with Crippen LogP contribution in [-0.2, 0) is 48.4 Å². The first-order chi connectivity index (χ1) is 28.7. The topological polar surface area (TPSA) is 264 Å². The van der Waals surface area contributed by atoms with Gasteiger partial charge in [-0.3, -0.25) is 44.8 Å². The van der Waals surface area contributed by atoms with E-state index < -0.39 is 45.0 Å². The van der Waals surface area contributed by atoms with E-state index in [0.717, 1.165) is 11.8 Å². The summed E-state index contributed by atoms with van der Waals surface area (Å²) in [5, 5.41) is 35.0. The van der Waals surface area contributed by atoms with E-state index in [2.05, 4.69) is 17.9 Å². The Labute approximate surface area is 351 Å². The van der Waals surface area contributed by atoms with E-state index in [4.69, 9.17) is 14.2 Å². The lowest BCUT2D eigenvalue weighted by Gasteiger charge is -2.37. The van der Waals surface area contributed by atoms with Crippen LogP contribution in [0.1, 0.15) is 23.1 Å². The molecular formula is C37H39N7O14S2. The molecule has 0 radical (unpaired) electrons. The van der Waals surface area contributed by atoms with Crippen molar-refractivity contribution >= 4 is 71.4 Å². The second kappa shape index (κ2) is 21.0. The van der Waals surface area contributed by atoms with Crippen LogP contribution in [-0.4, -0.2) is 121 Å². The third-order valence-corrected chi connectivity index (χ3v) is 10.8. The number of non-ortho nitro benzene ring substituents is 3. The summed E-state index contributed by atoms with van der Waals surface area (Å²) < 4.78 is 16.0. The van der Waals surface area contributed by atoms with Crippen LogP contribution in [0.25, 0.3) is 0 Å². The molecule has 2 aliphatic heterocycles. The van der Waals surface area contributed by atoms with Crippen molar-refractivity contribution in [2.24, 2.45) is 0 Å². The second-order valence-corrected chi connectivity index (χ2v) is 15.2. The van der Waals surface area contributed by atoms with Crippen LogP contribution >= 0.6 is 24.4 Å². The van der Waals surface area contributed by atoms with Crippen molar-refractivity contribution in [1.29, 1.82) is 0 Å². The van der Waals surface area contributed by atoms with E-state index in [0.29, 0.717) is 23.1 Å². The summed E-state index contributed by atoms with van der Waals surface area (Å²) in [6.07, 6.45) is -1.43. The standard InChI is InChI=1S/C37H39N7O14S2/c45-33(39-13-15-40(16-14-39)34(46)32-17-30(59)18-41(32)37(49)58-21-26-5-11-29(12-6-26)44(54)55)23-60-22-31(35(47)56-19-24-1-7-27(8-2-24)42(50)51)38-36(48)57-20-25-3-9-28(10-4-25)43(52)53/h1-12,30-32,59H,13-23H2,(H,38,48)/t30-,31-,32-/m0/s1. The number of esters is 1. The molecule has 2 aliphatic rings. The summed E-state index contributed by atoms with van der Waals surface area (Å²) in [5.74, 6) is -1.69. The quantitative estimate of drug-likeness (QED) is 0.0681. The number of alkyl carbamates (subject to hydrolysis) is 1. The van der Waals surface area contributed by atoms with Crippen molar-refractivity contribution in [3.05, 3.63) is 120 Å². The van der Waals surface area contributed by atoms with Gasteiger partial charge in [-0.25, -0.2) is 14.4 Å². The van der Waals surface area contributed by atoms with Crippen LogP contribution in [0.4, 0.5) is 26.7 Å². The number of benzene rings is 3. The van der Waals surface area contributed by atoms with Crippen LogP contribution in [0.2, 0.25) is 0 Å². The third-order valence-electron chi connectivity index (χ3n) is 9.38. The summed E-state index contributed by atoms with van der Waals surface area (Å²) in [6.45, 7) is 0.252. The van der Waals surface area contributed by atoms with Gasteiger partial charge in [0.25, 0.3) is 17.1 Å². The molecule has 0 aliphatic carbocycles. The first-order valence-corrected chi connectivity index (χ1v) is 19.9. The van der Waals surface area contributed by atoms with Crippen molar-refractivity contribution in [2.75, 3.05) is 44.2 Å². The maximum atomic E-state index is 13.6. The minimum atomic E-state index is -1.29. The molecule has 4 amide bonds. The molecule has 2 heterocycles. The van der Waals surface area contributed by atoms with Crippen molar-refractivity contribution in [1.82, 2.24) is 20.0 Å². The fraction of sp³-hybridized carbons (Fsp3) is 0.378. The smallest absolute Gasteiger partial charge is 0.410 e. The van der Waals surface area contributed by atoms with Crippen molar-refractivity contribution in [3.8, 4) is 0 Å². The zero-order valence-electron chi connectivity index (χ0n) is 31.7. The Kier molecular flexibility index (Phi) is 15.6. The summed E-state index contributed by atoms with van der Waals surface area (Å²) in [7, 11) is 0. The monoisotopic (exact) mass is 869 g/mol. The number of ether oxygens (including phenoxy) is 3. The number of nitrogens with one attached hydrogen (secondary N) is 1. The molecule has 2 saturated heterocycles. The molecule has 0 saturated carbocycles. The SMILES string of the molecule is O=C(N[C@@H](CSCC(=O)N1CCN(C(=O)[C@@H]2C[C@H](S)CN2C(=O)OCc2ccc([N+](=O)[O-])cc2)CC1)C(=O)OCc1ccc([N+](=O)[O-])cc1)OCc1ccc([N+](=O)[O-])cc1. The van der Waals surface area contributed by atoms with Gasteiger partial charge in [0.15, 0.2) is 0 Å². The van der Waals surface area contributed by atoms with Gasteiger partial charge in [0, 0.05) is 80.1 Å². The average molecular weight is 870 g/mol. The van der Waals surface area contributed by atoms with Crippen LogP contribution in [0.15, 0.2) is 72.8 Å². The number of hydrogen-bond donors (Lipinski definition) is 2. The highest BCUT2D eigenvalue weighted by molar-refractivity contribution is 8.00. The average Bonchev–Trinajstić information content (AvgIpc) is 3.65. The highest BCUT2D eigenvalue weighted by Gasteiger charge is 2.42. The van der Waals surface area contributed by atoms with Gasteiger partial charge in [-0.05, 0) is 59.5 Å². The lowest BCUT2D eigenvalue weighted by Crippen LogP contribution is -2.55. The predicted octanol–water partition coefficient (Wildman–Crippen LogP) is 3.86. The van der Waals surface area contributed by atoms with Gasteiger partial charge in [0.2, 0.25) is 11.8 Å². The molecule has 60 heavy (non-hydrogen) atoms. The minimum Gasteiger partial charge on any atom is -0.459 e. The van der Waals surface area contributed by atoms with Crippen LogP contribution in [0.5, 0.6) is 0 Å². The molecule has 0 bridgehead atoms. The molecule has 3 aromatic carbocycles. The Balaban J connectivity index is 1.10. The molecule has 2 fully saturated rings. The Morgan fingerprint density at radius 1 is 0.700 bits per heavy atom. The Morgan fingerprint density at radius 2 is 1.15 bits per heavy atom. The van der Waals surface area contributed by atoms with E-state index >= 15 is 0 Å². The van der Waals surface area contributed by atoms with Gasteiger partial charge in [-0.2, -0.15) is 12.6 Å². The highest BCUT2D eigenvalue weighted by atomic mass is 32.2. The van der Waals surface area contributed by atoms with Crippen LogP contribution in [0, 0.1) is 30.3 Å². The normalized spacial score (nSPS) is 16.6. The van der Waals surface area contributed by atoms with Crippen molar-refractivity contribution < 1.29 is 53.0 Å². The van der Waals surface area contributed by atoms with E-state index in [9.17, 15) is 54.3 Å². The zero-order valence-corrected chi connectivity index (χ0v) is 33.4. The number of nitro groups is 3. The second-order valence-electron chi connectivity index (χ2n) is 13.5. The summed E-state index contributed by atoms with van der Waals surface area (Å²) >= 11 is 5.52. The summed E-state index contributed by atoms with van der Waals surface area (Å²) in [6, 6.07) is 14.0. The molecule has 0 spiro atoms. The number of likely N-dealkylation sites (tertiary alicyclic amines) is 1. The fourth-order valence-corrected chi connectivity index (χ4v) is 7.42. The maximum Gasteiger partial charge on any atom is 0.410 e. The molecule has 3 aromatic rings. The number of thiol groups is 1. The molecule has 1 N–H and O–H groups in total. The van der Waals surface area contributed by atoms with E-state index in [-0.39, 0.29) is 98.2 Å². The summed E-state index contributed by atoms with van der Waals surface area (Å²) in [4.78, 5) is 101. The van der Waals surface area contributed by atoms with E-state index in [1.54, 1.807) is 9.80 Å². The maximum absolute atomic E-state index is 13.6. The molecular weight excluding hydrogens is 831 g/mol. The number of thioether (sulfide) groups is 1. The van der Waals surface area contributed by atoms with E-state index in [1.807, 2.05) is 0 Å². The van der Waals surface area contributed by atoms with Gasteiger partial charge >= 0.3 is 18.2 Å². The predicted molar refractivity (Wildman–Crippen MR) is 215 cm³/mol. The number of nitro benzene ring substituents is 3. The lowest BCUT2D eigenvalue weighted by molar-refractivity contribution is -0.385. The molecule has 318 valence electrons. The van der Waals surface area contributed by atoms with Gasteiger partial charge in [0.05, 0.1) is 20.5 Å².